The Bertz CT molecular complexity index is 611. The summed E-state index contributed by atoms with van der Waals surface area (Å²) in [6.45, 7) is 2.66. The summed E-state index contributed by atoms with van der Waals surface area (Å²) in [5, 5.41) is 15.0. The van der Waals surface area contributed by atoms with Crippen LogP contribution < -0.4 is 5.32 Å². The first-order valence-corrected chi connectivity index (χ1v) is 7.94. The molecule has 0 aliphatic heterocycles. The smallest absolute Gasteiger partial charge is 0.238 e. The molecule has 110 valence electrons. The number of rotatable bonds is 6. The van der Waals surface area contributed by atoms with Crippen LogP contribution in [0.1, 0.15) is 30.6 Å². The zero-order chi connectivity index (χ0) is 14.7. The van der Waals surface area contributed by atoms with Crippen molar-refractivity contribution in [2.75, 3.05) is 0 Å². The van der Waals surface area contributed by atoms with Crippen molar-refractivity contribution in [3.05, 3.63) is 35.9 Å². The SMILES string of the molecule is CCn1nnnc1SC(C(=O)NC1CC1)c1ccccc1. The predicted octanol–water partition coefficient (Wildman–Crippen LogP) is 1.80. The summed E-state index contributed by atoms with van der Waals surface area (Å²) in [4.78, 5) is 12.5. The molecule has 1 unspecified atom stereocenters. The molecular weight excluding hydrogens is 286 g/mol. The summed E-state index contributed by atoms with van der Waals surface area (Å²) < 4.78 is 1.70. The third-order valence-electron chi connectivity index (χ3n) is 3.29. The lowest BCUT2D eigenvalue weighted by atomic mass is 10.1. The standard InChI is InChI=1S/C14H17N5OS/c1-2-19-14(16-17-18-19)21-12(10-6-4-3-5-7-10)13(20)15-11-8-9-11/h3-7,11-12H,2,8-9H2,1H3,(H,15,20). The number of carbonyl (C=O) groups is 1. The van der Waals surface area contributed by atoms with Gasteiger partial charge in [0.05, 0.1) is 0 Å². The Hall–Kier alpha value is -1.89. The Morgan fingerprint density at radius 3 is 2.86 bits per heavy atom. The largest absolute Gasteiger partial charge is 0.352 e. The van der Waals surface area contributed by atoms with E-state index < -0.39 is 0 Å². The van der Waals surface area contributed by atoms with Gasteiger partial charge < -0.3 is 5.32 Å². The van der Waals surface area contributed by atoms with Crippen LogP contribution in [0.15, 0.2) is 35.5 Å². The second kappa shape index (κ2) is 6.26. The van der Waals surface area contributed by atoms with Crippen LogP contribution in [-0.2, 0) is 11.3 Å². The number of aryl methyl sites for hydroxylation is 1. The summed E-state index contributed by atoms with van der Waals surface area (Å²) in [6.07, 6.45) is 2.15. The molecule has 1 aliphatic carbocycles. The third-order valence-corrected chi connectivity index (χ3v) is 4.51. The molecule has 0 saturated heterocycles. The lowest BCUT2D eigenvalue weighted by Gasteiger charge is -2.16. The van der Waals surface area contributed by atoms with Crippen LogP contribution in [0.3, 0.4) is 0 Å². The third kappa shape index (κ3) is 3.41. The Labute approximate surface area is 127 Å². The minimum absolute atomic E-state index is 0.0272. The van der Waals surface area contributed by atoms with E-state index in [1.807, 2.05) is 37.3 Å². The van der Waals surface area contributed by atoms with Gasteiger partial charge in [-0.1, -0.05) is 42.1 Å². The zero-order valence-electron chi connectivity index (χ0n) is 11.8. The second-order valence-electron chi connectivity index (χ2n) is 4.97. The maximum absolute atomic E-state index is 12.5. The highest BCUT2D eigenvalue weighted by Crippen LogP contribution is 2.35. The van der Waals surface area contributed by atoms with Crippen molar-refractivity contribution in [3.8, 4) is 0 Å². The van der Waals surface area contributed by atoms with E-state index in [0.717, 1.165) is 18.4 Å². The van der Waals surface area contributed by atoms with Crippen LogP contribution in [0.5, 0.6) is 0 Å². The van der Waals surface area contributed by atoms with Crippen LogP contribution in [0.25, 0.3) is 0 Å². The summed E-state index contributed by atoms with van der Waals surface area (Å²) in [5.41, 5.74) is 0.964. The molecule has 1 saturated carbocycles. The summed E-state index contributed by atoms with van der Waals surface area (Å²) in [6, 6.07) is 10.1. The molecule has 2 aromatic rings. The van der Waals surface area contributed by atoms with Gasteiger partial charge in [-0.25, -0.2) is 4.68 Å². The molecule has 6 nitrogen and oxygen atoms in total. The molecule has 1 fully saturated rings. The number of hydrogen-bond acceptors (Lipinski definition) is 5. The van der Waals surface area contributed by atoms with Crippen molar-refractivity contribution in [2.45, 2.75) is 42.8 Å². The van der Waals surface area contributed by atoms with Crippen LogP contribution >= 0.6 is 11.8 Å². The van der Waals surface area contributed by atoms with Gasteiger partial charge in [0, 0.05) is 12.6 Å². The van der Waals surface area contributed by atoms with E-state index in [4.69, 9.17) is 0 Å². The van der Waals surface area contributed by atoms with Gasteiger partial charge in [0.2, 0.25) is 11.1 Å². The fraction of sp³-hybridized carbons (Fsp3) is 0.429. The van der Waals surface area contributed by atoms with Crippen molar-refractivity contribution in [1.29, 1.82) is 0 Å². The van der Waals surface area contributed by atoms with E-state index >= 15 is 0 Å². The van der Waals surface area contributed by atoms with Gasteiger partial charge in [0.15, 0.2) is 0 Å². The average Bonchev–Trinajstić information content (AvgIpc) is 3.21. The van der Waals surface area contributed by atoms with Gasteiger partial charge in [0.25, 0.3) is 0 Å². The Balaban J connectivity index is 1.83. The molecule has 21 heavy (non-hydrogen) atoms. The van der Waals surface area contributed by atoms with E-state index in [1.54, 1.807) is 4.68 Å². The lowest BCUT2D eigenvalue weighted by molar-refractivity contribution is -0.120. The van der Waals surface area contributed by atoms with Crippen molar-refractivity contribution < 1.29 is 4.79 Å². The molecular formula is C14H17N5OS. The topological polar surface area (TPSA) is 72.7 Å². The number of aromatic nitrogens is 4. The van der Waals surface area contributed by atoms with Gasteiger partial charge in [-0.2, -0.15) is 0 Å². The number of hydrogen-bond donors (Lipinski definition) is 1. The van der Waals surface area contributed by atoms with E-state index in [0.29, 0.717) is 17.7 Å². The molecule has 0 spiro atoms. The Morgan fingerprint density at radius 2 is 2.19 bits per heavy atom. The van der Waals surface area contributed by atoms with Crippen molar-refractivity contribution in [2.24, 2.45) is 0 Å². The molecule has 1 amide bonds. The Kier molecular flexibility index (Phi) is 4.19. The number of nitrogens with zero attached hydrogens (tertiary/aromatic N) is 4. The zero-order valence-corrected chi connectivity index (χ0v) is 12.6. The Morgan fingerprint density at radius 1 is 1.43 bits per heavy atom. The van der Waals surface area contributed by atoms with E-state index in [1.165, 1.54) is 11.8 Å². The highest BCUT2D eigenvalue weighted by molar-refractivity contribution is 8.00. The molecule has 7 heteroatoms. The highest BCUT2D eigenvalue weighted by atomic mass is 32.2. The first-order valence-electron chi connectivity index (χ1n) is 7.06. The van der Waals surface area contributed by atoms with Gasteiger partial charge in [-0.05, 0) is 35.8 Å². The molecule has 0 radical (unpaired) electrons. The van der Waals surface area contributed by atoms with Crippen LogP contribution in [-0.4, -0.2) is 32.2 Å². The first kappa shape index (κ1) is 14.1. The number of tetrazole rings is 1. The van der Waals surface area contributed by atoms with Gasteiger partial charge in [-0.15, -0.1) is 5.10 Å². The van der Waals surface area contributed by atoms with Crippen molar-refractivity contribution in [1.82, 2.24) is 25.5 Å². The van der Waals surface area contributed by atoms with Crippen molar-refractivity contribution in [3.63, 3.8) is 0 Å². The van der Waals surface area contributed by atoms with Gasteiger partial charge in [-0.3, -0.25) is 4.79 Å². The number of thioether (sulfide) groups is 1. The normalized spacial score (nSPS) is 15.7. The van der Waals surface area contributed by atoms with Crippen molar-refractivity contribution >= 4 is 17.7 Å². The number of nitrogens with one attached hydrogen (secondary N) is 1. The van der Waals surface area contributed by atoms with E-state index in [9.17, 15) is 4.79 Å². The fourth-order valence-electron chi connectivity index (χ4n) is 1.99. The maximum Gasteiger partial charge on any atom is 0.238 e. The molecule has 1 aromatic carbocycles. The molecule has 1 aliphatic rings. The molecule has 3 rings (SSSR count). The summed E-state index contributed by atoms with van der Waals surface area (Å²) in [7, 11) is 0. The molecule has 1 atom stereocenters. The van der Waals surface area contributed by atoms with E-state index in [-0.39, 0.29) is 11.2 Å². The molecule has 1 N–H and O–H groups in total. The van der Waals surface area contributed by atoms with Crippen LogP contribution in [0.2, 0.25) is 0 Å². The van der Waals surface area contributed by atoms with Gasteiger partial charge >= 0.3 is 0 Å². The first-order chi connectivity index (χ1) is 10.3. The van der Waals surface area contributed by atoms with E-state index in [2.05, 4.69) is 20.8 Å². The minimum Gasteiger partial charge on any atom is -0.352 e. The van der Waals surface area contributed by atoms with Crippen LogP contribution in [0.4, 0.5) is 0 Å². The molecule has 1 heterocycles. The number of carbonyl (C=O) groups excluding carboxylic acids is 1. The molecule has 0 bridgehead atoms. The fourth-order valence-corrected chi connectivity index (χ4v) is 3.04. The predicted molar refractivity (Wildman–Crippen MR) is 79.7 cm³/mol. The summed E-state index contributed by atoms with van der Waals surface area (Å²) >= 11 is 1.39. The quantitative estimate of drug-likeness (QED) is 0.824. The number of benzene rings is 1. The number of amides is 1. The lowest BCUT2D eigenvalue weighted by Crippen LogP contribution is -2.30. The van der Waals surface area contributed by atoms with Gasteiger partial charge in [0.1, 0.15) is 5.25 Å². The average molecular weight is 303 g/mol. The monoisotopic (exact) mass is 303 g/mol. The second-order valence-corrected chi connectivity index (χ2v) is 6.04. The summed E-state index contributed by atoms with van der Waals surface area (Å²) in [5.74, 6) is 0.0272. The minimum atomic E-state index is -0.330. The highest BCUT2D eigenvalue weighted by Gasteiger charge is 2.30. The molecule has 1 aromatic heterocycles. The maximum atomic E-state index is 12.5. The van der Waals surface area contributed by atoms with Crippen LogP contribution in [0, 0.1) is 0 Å².